The quantitative estimate of drug-likeness (QED) is 0.355. The fourth-order valence-electron chi connectivity index (χ4n) is 1.83. The summed E-state index contributed by atoms with van der Waals surface area (Å²) in [6.45, 7) is 8.89. The predicted octanol–water partition coefficient (Wildman–Crippen LogP) is 3.19. The van der Waals surface area contributed by atoms with Gasteiger partial charge >= 0.3 is 11.9 Å². The summed E-state index contributed by atoms with van der Waals surface area (Å²) in [6.07, 6.45) is 2.24. The maximum Gasteiger partial charge on any atom is 0.338 e. The van der Waals surface area contributed by atoms with E-state index in [0.29, 0.717) is 11.1 Å². The molecule has 6 nitrogen and oxygen atoms in total. The average Bonchev–Trinajstić information content (AvgIpc) is 2.61. The van der Waals surface area contributed by atoms with Gasteiger partial charge in [-0.05, 0) is 37.6 Å². The summed E-state index contributed by atoms with van der Waals surface area (Å²) in [7, 11) is 0. The van der Waals surface area contributed by atoms with Crippen molar-refractivity contribution in [3.05, 3.63) is 42.0 Å². The Bertz CT molecular complexity index is 553. The lowest BCUT2D eigenvalue weighted by molar-refractivity contribution is -0.140. The van der Waals surface area contributed by atoms with Crippen LogP contribution >= 0.6 is 0 Å². The Kier molecular flexibility index (Phi) is 10.0. The molecule has 6 heteroatoms. The highest BCUT2D eigenvalue weighted by molar-refractivity contribution is 5.89. The number of hydrogen-bond acceptors (Lipinski definition) is 6. The molecule has 1 aromatic carbocycles. The number of unbranched alkanes of at least 4 members (excludes halogenated alkanes) is 1. The Labute approximate surface area is 149 Å². The number of anilines is 1. The van der Waals surface area contributed by atoms with Gasteiger partial charge in [0.15, 0.2) is 0 Å². The van der Waals surface area contributed by atoms with Gasteiger partial charge < -0.3 is 19.5 Å². The van der Waals surface area contributed by atoms with Crippen LogP contribution in [0.15, 0.2) is 36.4 Å². The summed E-state index contributed by atoms with van der Waals surface area (Å²) in [6, 6.07) is 7.18. The molecule has 0 saturated carbocycles. The van der Waals surface area contributed by atoms with Crippen LogP contribution in [0.2, 0.25) is 0 Å². The van der Waals surface area contributed by atoms with Crippen molar-refractivity contribution < 1.29 is 23.8 Å². The second-order valence-electron chi connectivity index (χ2n) is 5.52. The largest absolute Gasteiger partial charge is 0.460 e. The summed E-state index contributed by atoms with van der Waals surface area (Å²) in [4.78, 5) is 23.0. The lowest BCUT2D eigenvalue weighted by Gasteiger charge is -2.08. The minimum absolute atomic E-state index is 0.143. The molecule has 0 fully saturated rings. The molecule has 0 saturated heterocycles. The van der Waals surface area contributed by atoms with Crippen LogP contribution in [-0.4, -0.2) is 44.9 Å². The third-order valence-electron chi connectivity index (χ3n) is 3.25. The SMILES string of the molecule is C=C(C)C(=O)OCCOCCOC(=O)c1ccc(NCCCC)cc1. The maximum absolute atomic E-state index is 11.9. The second kappa shape index (κ2) is 12.1. The van der Waals surface area contributed by atoms with Crippen LogP contribution in [0.1, 0.15) is 37.0 Å². The molecule has 0 unspecified atom stereocenters. The van der Waals surface area contributed by atoms with Crippen LogP contribution in [0.25, 0.3) is 0 Å². The molecule has 1 rings (SSSR count). The molecule has 138 valence electrons. The molecule has 0 atom stereocenters. The van der Waals surface area contributed by atoms with Gasteiger partial charge in [-0.2, -0.15) is 0 Å². The van der Waals surface area contributed by atoms with E-state index in [0.717, 1.165) is 25.1 Å². The maximum atomic E-state index is 11.9. The first-order valence-electron chi connectivity index (χ1n) is 8.46. The predicted molar refractivity (Wildman–Crippen MR) is 96.7 cm³/mol. The number of esters is 2. The molecular weight excluding hydrogens is 322 g/mol. The van der Waals surface area contributed by atoms with Crippen LogP contribution < -0.4 is 5.32 Å². The van der Waals surface area contributed by atoms with Crippen LogP contribution in [0, 0.1) is 0 Å². The first-order valence-corrected chi connectivity index (χ1v) is 8.46. The third kappa shape index (κ3) is 8.91. The molecule has 0 aliphatic rings. The zero-order valence-corrected chi connectivity index (χ0v) is 15.0. The number of carbonyl (C=O) groups is 2. The van der Waals surface area contributed by atoms with Crippen LogP contribution in [0.5, 0.6) is 0 Å². The molecule has 0 aliphatic carbocycles. The van der Waals surface area contributed by atoms with Crippen molar-refractivity contribution in [1.82, 2.24) is 0 Å². The molecular formula is C19H27NO5. The van der Waals surface area contributed by atoms with Gasteiger partial charge in [-0.1, -0.05) is 19.9 Å². The van der Waals surface area contributed by atoms with E-state index < -0.39 is 11.9 Å². The molecule has 0 bridgehead atoms. The van der Waals surface area contributed by atoms with Gasteiger partial charge in [0.05, 0.1) is 18.8 Å². The summed E-state index contributed by atoms with van der Waals surface area (Å²) in [5.74, 6) is -0.833. The monoisotopic (exact) mass is 349 g/mol. The van der Waals surface area contributed by atoms with Gasteiger partial charge in [-0.3, -0.25) is 0 Å². The van der Waals surface area contributed by atoms with Crippen molar-refractivity contribution in [2.75, 3.05) is 38.3 Å². The first kappa shape index (κ1) is 20.7. The van der Waals surface area contributed by atoms with Gasteiger partial charge in [-0.15, -0.1) is 0 Å². The van der Waals surface area contributed by atoms with E-state index in [1.165, 1.54) is 0 Å². The fourth-order valence-corrected chi connectivity index (χ4v) is 1.83. The van der Waals surface area contributed by atoms with E-state index in [9.17, 15) is 9.59 Å². The van der Waals surface area contributed by atoms with Crippen molar-refractivity contribution >= 4 is 17.6 Å². The summed E-state index contributed by atoms with van der Waals surface area (Å²) in [5, 5.41) is 3.29. The van der Waals surface area contributed by atoms with E-state index in [1.54, 1.807) is 19.1 Å². The zero-order valence-electron chi connectivity index (χ0n) is 15.0. The number of ether oxygens (including phenoxy) is 3. The Morgan fingerprint density at radius 2 is 1.68 bits per heavy atom. The molecule has 0 aromatic heterocycles. The van der Waals surface area contributed by atoms with E-state index >= 15 is 0 Å². The highest BCUT2D eigenvalue weighted by Gasteiger charge is 2.07. The first-order chi connectivity index (χ1) is 12.0. The Morgan fingerprint density at radius 1 is 1.04 bits per heavy atom. The van der Waals surface area contributed by atoms with Crippen LogP contribution in [0.3, 0.4) is 0 Å². The van der Waals surface area contributed by atoms with Crippen molar-refractivity contribution in [3.8, 4) is 0 Å². The standard InChI is InChI=1S/C19H27NO5/c1-4-5-10-20-17-8-6-16(7-9-17)19(22)25-14-12-23-11-13-24-18(21)15(2)3/h6-9,20H,2,4-5,10-14H2,1,3H3. The molecule has 0 heterocycles. The minimum Gasteiger partial charge on any atom is -0.460 e. The third-order valence-corrected chi connectivity index (χ3v) is 3.25. The second-order valence-corrected chi connectivity index (χ2v) is 5.52. The number of hydrogen-bond donors (Lipinski definition) is 1. The number of carbonyl (C=O) groups excluding carboxylic acids is 2. The normalized spacial score (nSPS) is 10.2. The van der Waals surface area contributed by atoms with Gasteiger partial charge in [-0.25, -0.2) is 9.59 Å². The number of nitrogens with one attached hydrogen (secondary N) is 1. The Hall–Kier alpha value is -2.34. The highest BCUT2D eigenvalue weighted by atomic mass is 16.6. The fraction of sp³-hybridized carbons (Fsp3) is 0.474. The van der Waals surface area contributed by atoms with Gasteiger partial charge in [0, 0.05) is 17.8 Å². The summed E-state index contributed by atoms with van der Waals surface area (Å²) < 4.78 is 15.2. The van der Waals surface area contributed by atoms with Crippen LogP contribution in [-0.2, 0) is 19.0 Å². The van der Waals surface area contributed by atoms with Crippen molar-refractivity contribution in [2.45, 2.75) is 26.7 Å². The Morgan fingerprint density at radius 3 is 2.28 bits per heavy atom. The van der Waals surface area contributed by atoms with E-state index in [4.69, 9.17) is 14.2 Å². The summed E-state index contributed by atoms with van der Waals surface area (Å²) in [5.41, 5.74) is 1.83. The smallest absolute Gasteiger partial charge is 0.338 e. The van der Waals surface area contributed by atoms with Gasteiger partial charge in [0.1, 0.15) is 13.2 Å². The lowest BCUT2D eigenvalue weighted by Crippen LogP contribution is -2.15. The van der Waals surface area contributed by atoms with E-state index in [1.807, 2.05) is 12.1 Å². The average molecular weight is 349 g/mol. The molecule has 1 N–H and O–H groups in total. The molecule has 25 heavy (non-hydrogen) atoms. The van der Waals surface area contributed by atoms with Crippen molar-refractivity contribution in [3.63, 3.8) is 0 Å². The van der Waals surface area contributed by atoms with E-state index in [-0.39, 0.29) is 26.4 Å². The van der Waals surface area contributed by atoms with Gasteiger partial charge in [0.2, 0.25) is 0 Å². The highest BCUT2D eigenvalue weighted by Crippen LogP contribution is 2.10. The Balaban J connectivity index is 2.15. The van der Waals surface area contributed by atoms with Crippen molar-refractivity contribution in [2.24, 2.45) is 0 Å². The molecule has 0 radical (unpaired) electrons. The lowest BCUT2D eigenvalue weighted by atomic mass is 10.2. The molecule has 1 aromatic rings. The molecule has 0 spiro atoms. The molecule has 0 amide bonds. The zero-order chi connectivity index (χ0) is 18.5. The number of rotatable bonds is 12. The van der Waals surface area contributed by atoms with Crippen molar-refractivity contribution in [1.29, 1.82) is 0 Å². The van der Waals surface area contributed by atoms with E-state index in [2.05, 4.69) is 18.8 Å². The topological polar surface area (TPSA) is 73.9 Å². The van der Waals surface area contributed by atoms with Gasteiger partial charge in [0.25, 0.3) is 0 Å². The molecule has 0 aliphatic heterocycles. The van der Waals surface area contributed by atoms with Crippen LogP contribution in [0.4, 0.5) is 5.69 Å². The minimum atomic E-state index is -0.442. The number of benzene rings is 1. The summed E-state index contributed by atoms with van der Waals surface area (Å²) >= 11 is 0.